The number of nitrogens with zero attached hydrogens (tertiary/aromatic N) is 1. The van der Waals surface area contributed by atoms with Gasteiger partial charge >= 0.3 is 5.97 Å². The molecule has 6 nitrogen and oxygen atoms in total. The third-order valence-corrected chi connectivity index (χ3v) is 4.42. The Hall–Kier alpha value is -3.15. The molecule has 0 unspecified atom stereocenters. The molecule has 0 spiro atoms. The Kier molecular flexibility index (Phi) is 5.31. The van der Waals surface area contributed by atoms with Crippen LogP contribution in [-0.2, 0) is 16.1 Å². The van der Waals surface area contributed by atoms with E-state index in [0.29, 0.717) is 24.1 Å². The quantitative estimate of drug-likeness (QED) is 0.836. The summed E-state index contributed by atoms with van der Waals surface area (Å²) in [6.07, 6.45) is 1.48. The van der Waals surface area contributed by atoms with Crippen LogP contribution in [0.1, 0.15) is 40.4 Å². The van der Waals surface area contributed by atoms with Crippen LogP contribution in [-0.4, -0.2) is 34.3 Å². The number of aliphatic carboxylic acids is 1. The van der Waals surface area contributed by atoms with E-state index in [4.69, 9.17) is 0 Å². The van der Waals surface area contributed by atoms with Crippen molar-refractivity contribution in [3.05, 3.63) is 71.3 Å². The molecule has 2 aromatic rings. The lowest BCUT2D eigenvalue weighted by atomic mass is 10.1. The summed E-state index contributed by atoms with van der Waals surface area (Å²) in [6, 6.07) is 14.3. The highest BCUT2D eigenvalue weighted by atomic mass is 16.4. The molecule has 2 N–H and O–H groups in total. The number of hydrogen-bond acceptors (Lipinski definition) is 3. The maximum atomic E-state index is 12.4. The lowest BCUT2D eigenvalue weighted by Gasteiger charge is -2.16. The van der Waals surface area contributed by atoms with E-state index in [9.17, 15) is 19.5 Å². The van der Waals surface area contributed by atoms with Crippen molar-refractivity contribution in [2.75, 3.05) is 6.54 Å². The number of carbonyl (C=O) groups excluding carboxylic acids is 2. The first-order valence-electron chi connectivity index (χ1n) is 8.50. The Balaban J connectivity index is 1.67. The van der Waals surface area contributed by atoms with Crippen LogP contribution < -0.4 is 5.32 Å². The molecular formula is C20H20N2O4. The third-order valence-electron chi connectivity index (χ3n) is 4.42. The third kappa shape index (κ3) is 4.08. The fourth-order valence-electron chi connectivity index (χ4n) is 3.00. The van der Waals surface area contributed by atoms with Crippen LogP contribution in [0, 0.1) is 0 Å². The van der Waals surface area contributed by atoms with Gasteiger partial charge in [0.05, 0.1) is 0 Å². The Labute approximate surface area is 151 Å². The maximum absolute atomic E-state index is 12.4. The van der Waals surface area contributed by atoms with Crippen molar-refractivity contribution in [2.24, 2.45) is 0 Å². The highest BCUT2D eigenvalue weighted by Gasteiger charge is 2.23. The van der Waals surface area contributed by atoms with E-state index < -0.39 is 17.9 Å². The molecule has 3 rings (SSSR count). The second-order valence-electron chi connectivity index (χ2n) is 6.27. The number of likely N-dealkylation sites (tertiary alicyclic amines) is 1. The smallest absolute Gasteiger partial charge is 0.330 e. The van der Waals surface area contributed by atoms with Gasteiger partial charge in [0.2, 0.25) is 5.91 Å². The number of nitrogens with one attached hydrogen (secondary N) is 1. The molecule has 134 valence electrons. The Morgan fingerprint density at radius 3 is 2.35 bits per heavy atom. The minimum absolute atomic E-state index is 0.152. The highest BCUT2D eigenvalue weighted by molar-refractivity contribution is 5.96. The number of benzene rings is 2. The lowest BCUT2D eigenvalue weighted by molar-refractivity contribution is -0.139. The van der Waals surface area contributed by atoms with Crippen molar-refractivity contribution in [2.45, 2.75) is 25.4 Å². The molecule has 0 saturated carbocycles. The second kappa shape index (κ2) is 7.82. The van der Waals surface area contributed by atoms with E-state index in [-0.39, 0.29) is 5.91 Å². The van der Waals surface area contributed by atoms with Crippen LogP contribution in [0.15, 0.2) is 54.6 Å². The number of rotatable bonds is 6. The van der Waals surface area contributed by atoms with Crippen LogP contribution in [0.3, 0.4) is 0 Å². The molecule has 1 heterocycles. The van der Waals surface area contributed by atoms with Gasteiger partial charge in [-0.25, -0.2) is 4.79 Å². The van der Waals surface area contributed by atoms with Gasteiger partial charge in [-0.15, -0.1) is 0 Å². The summed E-state index contributed by atoms with van der Waals surface area (Å²) in [4.78, 5) is 37.4. The average Bonchev–Trinajstić information content (AvgIpc) is 3.05. The second-order valence-corrected chi connectivity index (χ2v) is 6.27. The number of hydrogen-bond donors (Lipinski definition) is 2. The van der Waals surface area contributed by atoms with Gasteiger partial charge in [0.1, 0.15) is 0 Å². The molecule has 0 radical (unpaired) electrons. The summed E-state index contributed by atoms with van der Waals surface area (Å²) >= 11 is 0. The predicted molar refractivity (Wildman–Crippen MR) is 95.4 cm³/mol. The summed E-state index contributed by atoms with van der Waals surface area (Å²) in [5.41, 5.74) is 1.83. The molecule has 0 bridgehead atoms. The van der Waals surface area contributed by atoms with Crippen molar-refractivity contribution in [3.8, 4) is 0 Å². The van der Waals surface area contributed by atoms with E-state index in [0.717, 1.165) is 18.5 Å². The molecular weight excluding hydrogens is 332 g/mol. The van der Waals surface area contributed by atoms with Gasteiger partial charge < -0.3 is 15.3 Å². The largest absolute Gasteiger partial charge is 0.479 e. The molecule has 0 aromatic heterocycles. The number of carboxylic acids is 1. The van der Waals surface area contributed by atoms with Gasteiger partial charge in [0.25, 0.3) is 5.91 Å². The number of carbonyl (C=O) groups is 3. The maximum Gasteiger partial charge on any atom is 0.330 e. The standard InChI is InChI=1S/C20H20N2O4/c23-17-7-4-12-22(17)13-14-8-10-16(11-9-14)19(24)21-18(20(25)26)15-5-2-1-3-6-15/h1-3,5-6,8-11,18H,4,7,12-13H2,(H,21,24)(H,25,26)/t18-/m0/s1. The summed E-state index contributed by atoms with van der Waals surface area (Å²) in [5.74, 6) is -1.42. The Bertz CT molecular complexity index is 802. The van der Waals surface area contributed by atoms with E-state index >= 15 is 0 Å². The van der Waals surface area contributed by atoms with Gasteiger partial charge in [-0.1, -0.05) is 42.5 Å². The SMILES string of the molecule is O=C(N[C@H](C(=O)O)c1ccccc1)c1ccc(CN2CCCC2=O)cc1. The molecule has 26 heavy (non-hydrogen) atoms. The van der Waals surface area contributed by atoms with Gasteiger partial charge in [0.15, 0.2) is 6.04 Å². The van der Waals surface area contributed by atoms with Crippen molar-refractivity contribution in [3.63, 3.8) is 0 Å². The lowest BCUT2D eigenvalue weighted by Crippen LogP contribution is -2.33. The summed E-state index contributed by atoms with van der Waals surface area (Å²) < 4.78 is 0. The van der Waals surface area contributed by atoms with Crippen LogP contribution in [0.4, 0.5) is 0 Å². The van der Waals surface area contributed by atoms with E-state index in [2.05, 4.69) is 5.32 Å². The first kappa shape index (κ1) is 17.7. The molecule has 2 amide bonds. The van der Waals surface area contributed by atoms with Crippen LogP contribution >= 0.6 is 0 Å². The zero-order valence-electron chi connectivity index (χ0n) is 14.2. The van der Waals surface area contributed by atoms with Gasteiger partial charge in [-0.3, -0.25) is 9.59 Å². The van der Waals surface area contributed by atoms with E-state index in [1.165, 1.54) is 0 Å². The van der Waals surface area contributed by atoms with Crippen molar-refractivity contribution in [1.29, 1.82) is 0 Å². The van der Waals surface area contributed by atoms with Gasteiger partial charge in [0, 0.05) is 25.1 Å². The molecule has 1 aliphatic rings. The normalized spacial score (nSPS) is 14.9. The monoisotopic (exact) mass is 352 g/mol. The van der Waals surface area contributed by atoms with Crippen LogP contribution in [0.5, 0.6) is 0 Å². The van der Waals surface area contributed by atoms with Crippen LogP contribution in [0.25, 0.3) is 0 Å². The van der Waals surface area contributed by atoms with Crippen molar-refractivity contribution in [1.82, 2.24) is 10.2 Å². The predicted octanol–water partition coefficient (Wildman–Crippen LogP) is 2.36. The van der Waals surface area contributed by atoms with Crippen molar-refractivity contribution >= 4 is 17.8 Å². The Morgan fingerprint density at radius 1 is 1.08 bits per heavy atom. The molecule has 1 saturated heterocycles. The minimum Gasteiger partial charge on any atom is -0.479 e. The molecule has 1 fully saturated rings. The van der Waals surface area contributed by atoms with E-state index in [1.807, 2.05) is 0 Å². The summed E-state index contributed by atoms with van der Waals surface area (Å²) in [6.45, 7) is 1.29. The van der Waals surface area contributed by atoms with Crippen molar-refractivity contribution < 1.29 is 19.5 Å². The molecule has 1 atom stereocenters. The topological polar surface area (TPSA) is 86.7 Å². The molecule has 2 aromatic carbocycles. The number of amides is 2. The molecule has 1 aliphatic heterocycles. The number of carboxylic acid groups (broad SMARTS) is 1. The van der Waals surface area contributed by atoms with Gasteiger partial charge in [-0.2, -0.15) is 0 Å². The molecule has 0 aliphatic carbocycles. The minimum atomic E-state index is -1.12. The summed E-state index contributed by atoms with van der Waals surface area (Å²) in [7, 11) is 0. The molecule has 6 heteroatoms. The fourth-order valence-corrected chi connectivity index (χ4v) is 3.00. The van der Waals surface area contributed by atoms with E-state index in [1.54, 1.807) is 59.5 Å². The Morgan fingerprint density at radius 2 is 1.77 bits per heavy atom. The first-order chi connectivity index (χ1) is 12.5. The summed E-state index contributed by atoms with van der Waals surface area (Å²) in [5, 5.41) is 11.9. The van der Waals surface area contributed by atoms with Crippen LogP contribution in [0.2, 0.25) is 0 Å². The van der Waals surface area contributed by atoms with Gasteiger partial charge in [-0.05, 0) is 29.7 Å². The fraction of sp³-hybridized carbons (Fsp3) is 0.250. The average molecular weight is 352 g/mol. The first-order valence-corrected chi connectivity index (χ1v) is 8.50. The highest BCUT2D eigenvalue weighted by Crippen LogP contribution is 2.16. The zero-order chi connectivity index (χ0) is 18.5. The zero-order valence-corrected chi connectivity index (χ0v) is 14.2.